The summed E-state index contributed by atoms with van der Waals surface area (Å²) in [7, 11) is 0. The van der Waals surface area contributed by atoms with Crippen molar-refractivity contribution in [2.45, 2.75) is 132 Å². The minimum Gasteiger partial charge on any atom is -0.393 e. The molecule has 0 aromatic heterocycles. The van der Waals surface area contributed by atoms with Gasteiger partial charge in [0.25, 0.3) is 0 Å². The summed E-state index contributed by atoms with van der Waals surface area (Å²) in [4.78, 5) is 0. The van der Waals surface area contributed by atoms with Crippen LogP contribution in [0.4, 0.5) is 0 Å². The molecule has 3 saturated carbocycles. The molecule has 0 spiro atoms. The van der Waals surface area contributed by atoms with Crippen molar-refractivity contribution < 1.29 is 5.11 Å². The Morgan fingerprint density at radius 2 is 1.35 bits per heavy atom. The van der Waals surface area contributed by atoms with E-state index in [1.54, 1.807) is 0 Å². The molecule has 5 aliphatic rings. The van der Waals surface area contributed by atoms with Crippen molar-refractivity contribution in [3.63, 3.8) is 0 Å². The van der Waals surface area contributed by atoms with E-state index in [4.69, 9.17) is 0 Å². The molecule has 0 aromatic carbocycles. The van der Waals surface area contributed by atoms with E-state index >= 15 is 0 Å². The lowest BCUT2D eigenvalue weighted by Gasteiger charge is -2.69. The average molecular weight is 427 g/mol. The van der Waals surface area contributed by atoms with Crippen molar-refractivity contribution in [2.75, 3.05) is 0 Å². The number of allylic oxidation sites excluding steroid dienone is 2. The van der Waals surface area contributed by atoms with Crippen LogP contribution in [0.15, 0.2) is 11.1 Å². The molecule has 0 radical (unpaired) electrons. The van der Waals surface area contributed by atoms with E-state index in [-0.39, 0.29) is 11.5 Å². The average Bonchev–Trinajstić information content (AvgIpc) is 2.68. The summed E-state index contributed by atoms with van der Waals surface area (Å²) in [5, 5.41) is 10.9. The Labute approximate surface area is 192 Å². The van der Waals surface area contributed by atoms with Crippen LogP contribution in [0, 0.1) is 44.3 Å². The first kappa shape index (κ1) is 22.5. The Morgan fingerprint density at radius 3 is 2.06 bits per heavy atom. The first-order valence-electron chi connectivity index (χ1n) is 13.6. The maximum absolute atomic E-state index is 10.9. The maximum Gasteiger partial charge on any atom is 0.0594 e. The van der Waals surface area contributed by atoms with E-state index in [2.05, 4.69) is 55.4 Å². The van der Waals surface area contributed by atoms with E-state index < -0.39 is 0 Å². The van der Waals surface area contributed by atoms with Crippen LogP contribution in [0.3, 0.4) is 0 Å². The smallest absolute Gasteiger partial charge is 0.0594 e. The fraction of sp³-hybridized carbons (Fsp3) is 0.933. The highest BCUT2D eigenvalue weighted by Gasteiger charge is 2.65. The number of hydrogen-bond acceptors (Lipinski definition) is 1. The number of fused-ring (bicyclic) bond motifs is 6. The molecular formula is C30H50O. The first-order valence-corrected chi connectivity index (χ1v) is 13.6. The van der Waals surface area contributed by atoms with Crippen LogP contribution in [0.1, 0.15) is 126 Å². The van der Waals surface area contributed by atoms with Crippen molar-refractivity contribution in [2.24, 2.45) is 44.3 Å². The fourth-order valence-corrected chi connectivity index (χ4v) is 10.4. The van der Waals surface area contributed by atoms with Gasteiger partial charge in [-0.1, -0.05) is 66.5 Å². The van der Waals surface area contributed by atoms with Crippen LogP contribution in [-0.2, 0) is 0 Å². The summed E-state index contributed by atoms with van der Waals surface area (Å²) in [6.07, 6.45) is 14.5. The van der Waals surface area contributed by atoms with Gasteiger partial charge in [-0.2, -0.15) is 0 Å². The minimum absolute atomic E-state index is 0.0473. The zero-order valence-corrected chi connectivity index (χ0v) is 22.0. The van der Waals surface area contributed by atoms with E-state index in [0.717, 1.165) is 12.3 Å². The molecule has 0 bridgehead atoms. The lowest BCUT2D eigenvalue weighted by molar-refractivity contribution is -0.154. The third-order valence-electron chi connectivity index (χ3n) is 13.0. The lowest BCUT2D eigenvalue weighted by atomic mass is 9.35. The van der Waals surface area contributed by atoms with Gasteiger partial charge in [0.2, 0.25) is 0 Å². The predicted molar refractivity (Wildman–Crippen MR) is 131 cm³/mol. The quantitative estimate of drug-likeness (QED) is 0.386. The standard InChI is InChI=1S/C30H50O/c1-25(2)15-16-27(5)17-18-29(7)21-9-10-22-26(3,4)24(31)12-13-28(22,6)20(21)11-14-30(29,8)23(27)19-25/h22-24,31H,9-19H2,1-8H3/t22?,23?,24?,27?,28-,29-,30+/m1/s1. The highest BCUT2D eigenvalue weighted by molar-refractivity contribution is 5.38. The molecule has 3 fully saturated rings. The van der Waals surface area contributed by atoms with Gasteiger partial charge in [-0.05, 0) is 115 Å². The first-order chi connectivity index (χ1) is 14.2. The molecule has 0 heterocycles. The Balaban J connectivity index is 1.59. The van der Waals surface area contributed by atoms with Crippen LogP contribution in [0.25, 0.3) is 0 Å². The van der Waals surface area contributed by atoms with Crippen LogP contribution in [0.2, 0.25) is 0 Å². The van der Waals surface area contributed by atoms with Gasteiger partial charge in [-0.25, -0.2) is 0 Å². The molecule has 1 N–H and O–H groups in total. The second kappa shape index (κ2) is 6.43. The van der Waals surface area contributed by atoms with Crippen LogP contribution < -0.4 is 0 Å². The van der Waals surface area contributed by atoms with Crippen molar-refractivity contribution in [3.8, 4) is 0 Å². The third-order valence-corrected chi connectivity index (χ3v) is 13.0. The fourth-order valence-electron chi connectivity index (χ4n) is 10.4. The van der Waals surface area contributed by atoms with E-state index in [1.165, 1.54) is 64.2 Å². The van der Waals surface area contributed by atoms with E-state index in [0.29, 0.717) is 33.0 Å². The summed E-state index contributed by atoms with van der Waals surface area (Å²) in [5.74, 6) is 1.50. The Hall–Kier alpha value is -0.300. The van der Waals surface area contributed by atoms with Gasteiger partial charge in [0.1, 0.15) is 0 Å². The molecule has 0 aliphatic heterocycles. The molecule has 0 aromatic rings. The van der Waals surface area contributed by atoms with Crippen LogP contribution in [0.5, 0.6) is 0 Å². The molecule has 5 aliphatic carbocycles. The van der Waals surface area contributed by atoms with Gasteiger partial charge in [0.15, 0.2) is 0 Å². The largest absolute Gasteiger partial charge is 0.393 e. The molecule has 0 saturated heterocycles. The van der Waals surface area contributed by atoms with Gasteiger partial charge in [0.05, 0.1) is 6.10 Å². The van der Waals surface area contributed by atoms with Gasteiger partial charge < -0.3 is 5.11 Å². The second-order valence-electron chi connectivity index (χ2n) is 15.2. The predicted octanol–water partition coefficient (Wildman–Crippen LogP) is 8.31. The van der Waals surface area contributed by atoms with E-state index in [1.807, 2.05) is 11.1 Å². The molecule has 1 nitrogen and oxygen atoms in total. The van der Waals surface area contributed by atoms with Crippen LogP contribution >= 0.6 is 0 Å². The van der Waals surface area contributed by atoms with Gasteiger partial charge in [0, 0.05) is 0 Å². The van der Waals surface area contributed by atoms with Crippen molar-refractivity contribution >= 4 is 0 Å². The molecule has 176 valence electrons. The van der Waals surface area contributed by atoms with Crippen molar-refractivity contribution in [3.05, 3.63) is 11.1 Å². The molecule has 31 heavy (non-hydrogen) atoms. The van der Waals surface area contributed by atoms with Gasteiger partial charge >= 0.3 is 0 Å². The zero-order chi connectivity index (χ0) is 22.7. The van der Waals surface area contributed by atoms with E-state index in [9.17, 15) is 5.11 Å². The normalized spacial score (nSPS) is 53.1. The van der Waals surface area contributed by atoms with Crippen molar-refractivity contribution in [1.29, 1.82) is 0 Å². The second-order valence-corrected chi connectivity index (χ2v) is 15.2. The van der Waals surface area contributed by atoms with Gasteiger partial charge in [-0.15, -0.1) is 0 Å². The topological polar surface area (TPSA) is 20.2 Å². The summed E-state index contributed by atoms with van der Waals surface area (Å²) in [6, 6.07) is 0. The number of aliphatic hydroxyl groups excluding tert-OH is 1. The summed E-state index contributed by atoms with van der Waals surface area (Å²) in [6.45, 7) is 20.5. The molecular weight excluding hydrogens is 376 g/mol. The minimum atomic E-state index is -0.128. The summed E-state index contributed by atoms with van der Waals surface area (Å²) < 4.78 is 0. The number of aliphatic hydroxyl groups is 1. The Bertz CT molecular complexity index is 803. The molecule has 0 amide bonds. The van der Waals surface area contributed by atoms with Crippen LogP contribution in [-0.4, -0.2) is 11.2 Å². The maximum atomic E-state index is 10.9. The van der Waals surface area contributed by atoms with Gasteiger partial charge in [-0.3, -0.25) is 0 Å². The number of rotatable bonds is 0. The monoisotopic (exact) mass is 426 g/mol. The summed E-state index contributed by atoms with van der Waals surface area (Å²) >= 11 is 0. The molecule has 7 atom stereocenters. The summed E-state index contributed by atoms with van der Waals surface area (Å²) in [5.41, 5.74) is 6.02. The number of hydrogen-bond donors (Lipinski definition) is 1. The molecule has 4 unspecified atom stereocenters. The highest BCUT2D eigenvalue weighted by Crippen LogP contribution is 2.75. The SMILES string of the molecule is CC1(C)CCC2(C)CC[C@]3(C)C4=C(CC[C@@]3(C)C2C1)[C@@]1(C)CCC(O)C(C)(C)C1CC4. The molecule has 5 rings (SSSR count). The lowest BCUT2D eigenvalue weighted by Crippen LogP contribution is -2.61. The Morgan fingerprint density at radius 1 is 0.677 bits per heavy atom. The molecule has 1 heteroatoms. The third kappa shape index (κ3) is 2.77. The highest BCUT2D eigenvalue weighted by atomic mass is 16.3. The van der Waals surface area contributed by atoms with Crippen molar-refractivity contribution in [1.82, 2.24) is 0 Å². The zero-order valence-electron chi connectivity index (χ0n) is 22.0. The Kier molecular flexibility index (Phi) is 4.66.